The van der Waals surface area contributed by atoms with Crippen LogP contribution in [0.3, 0.4) is 0 Å². The number of H-pyrrole nitrogens is 1. The summed E-state index contributed by atoms with van der Waals surface area (Å²) in [7, 11) is 0. The normalized spacial score (nSPS) is 12.5. The number of rotatable bonds is 3. The van der Waals surface area contributed by atoms with Crippen molar-refractivity contribution in [1.82, 2.24) is 19.7 Å². The monoisotopic (exact) mass is 240 g/mol. The molecular weight excluding hydrogens is 228 g/mol. The standard InChI is InChI=1S/C13H12N4O/c18-12(13-14-8-9-15-13)11-6-7-16-17(11)10-4-2-1-3-5-10/h1-9,12,18H,(H,14,15). The van der Waals surface area contributed by atoms with Crippen LogP contribution in [0.5, 0.6) is 0 Å². The molecule has 0 aliphatic rings. The fraction of sp³-hybridized carbons (Fsp3) is 0.0769. The minimum Gasteiger partial charge on any atom is -0.379 e. The second-order valence-electron chi connectivity index (χ2n) is 3.88. The third kappa shape index (κ3) is 1.80. The Morgan fingerprint density at radius 2 is 1.94 bits per heavy atom. The van der Waals surface area contributed by atoms with Gasteiger partial charge in [0.15, 0.2) is 6.10 Å². The number of imidazole rings is 1. The zero-order valence-corrected chi connectivity index (χ0v) is 9.56. The van der Waals surface area contributed by atoms with E-state index in [1.807, 2.05) is 30.3 Å². The van der Waals surface area contributed by atoms with Crippen molar-refractivity contribution >= 4 is 0 Å². The van der Waals surface area contributed by atoms with E-state index in [2.05, 4.69) is 15.1 Å². The Hall–Kier alpha value is -2.40. The van der Waals surface area contributed by atoms with Gasteiger partial charge in [-0.3, -0.25) is 0 Å². The van der Waals surface area contributed by atoms with E-state index in [4.69, 9.17) is 0 Å². The lowest BCUT2D eigenvalue weighted by Crippen LogP contribution is -2.09. The van der Waals surface area contributed by atoms with Gasteiger partial charge in [0.05, 0.1) is 11.4 Å². The summed E-state index contributed by atoms with van der Waals surface area (Å²) < 4.78 is 1.70. The van der Waals surface area contributed by atoms with Gasteiger partial charge in [0, 0.05) is 18.6 Å². The van der Waals surface area contributed by atoms with Crippen LogP contribution in [0.2, 0.25) is 0 Å². The Bertz CT molecular complexity index is 616. The molecule has 1 atom stereocenters. The summed E-state index contributed by atoms with van der Waals surface area (Å²) in [6.45, 7) is 0. The molecule has 3 aromatic rings. The number of hydrogen-bond acceptors (Lipinski definition) is 3. The maximum absolute atomic E-state index is 10.3. The van der Waals surface area contributed by atoms with E-state index in [1.54, 1.807) is 29.3 Å². The topological polar surface area (TPSA) is 66.7 Å². The molecule has 2 aromatic heterocycles. The molecular formula is C13H12N4O. The van der Waals surface area contributed by atoms with Crippen LogP contribution in [0.25, 0.3) is 5.69 Å². The highest BCUT2D eigenvalue weighted by Gasteiger charge is 2.17. The number of nitrogens with zero attached hydrogens (tertiary/aromatic N) is 3. The molecule has 0 spiro atoms. The van der Waals surface area contributed by atoms with Crippen LogP contribution in [-0.2, 0) is 0 Å². The summed E-state index contributed by atoms with van der Waals surface area (Å²) in [6.07, 6.45) is 4.14. The predicted octanol–water partition coefficient (Wildman–Crippen LogP) is 1.68. The lowest BCUT2D eigenvalue weighted by atomic mass is 10.2. The highest BCUT2D eigenvalue weighted by molar-refractivity contribution is 5.33. The lowest BCUT2D eigenvalue weighted by molar-refractivity contribution is 0.203. The molecule has 0 aliphatic heterocycles. The Labute approximate surface area is 104 Å². The molecule has 5 nitrogen and oxygen atoms in total. The summed E-state index contributed by atoms with van der Waals surface area (Å²) in [6, 6.07) is 11.5. The van der Waals surface area contributed by atoms with Crippen LogP contribution in [0.15, 0.2) is 55.0 Å². The summed E-state index contributed by atoms with van der Waals surface area (Å²) >= 11 is 0. The van der Waals surface area contributed by atoms with E-state index in [9.17, 15) is 5.11 Å². The van der Waals surface area contributed by atoms with Crippen molar-refractivity contribution in [3.05, 3.63) is 66.5 Å². The van der Waals surface area contributed by atoms with Gasteiger partial charge in [-0.2, -0.15) is 5.10 Å². The second kappa shape index (κ2) is 4.46. The molecule has 2 heterocycles. The van der Waals surface area contributed by atoms with Gasteiger partial charge in [-0.25, -0.2) is 9.67 Å². The van der Waals surface area contributed by atoms with Crippen LogP contribution in [0.4, 0.5) is 0 Å². The summed E-state index contributed by atoms with van der Waals surface area (Å²) in [5.74, 6) is 0.507. The van der Waals surface area contributed by atoms with Crippen LogP contribution >= 0.6 is 0 Å². The van der Waals surface area contributed by atoms with Crippen molar-refractivity contribution < 1.29 is 5.11 Å². The van der Waals surface area contributed by atoms with E-state index >= 15 is 0 Å². The number of aromatic nitrogens is 4. The van der Waals surface area contributed by atoms with Crippen molar-refractivity contribution in [3.63, 3.8) is 0 Å². The van der Waals surface area contributed by atoms with E-state index in [0.29, 0.717) is 11.5 Å². The zero-order valence-electron chi connectivity index (χ0n) is 9.56. The first-order valence-corrected chi connectivity index (χ1v) is 5.63. The van der Waals surface area contributed by atoms with Crippen molar-refractivity contribution in [3.8, 4) is 5.69 Å². The molecule has 18 heavy (non-hydrogen) atoms. The highest BCUT2D eigenvalue weighted by atomic mass is 16.3. The number of para-hydroxylation sites is 1. The molecule has 0 saturated heterocycles. The largest absolute Gasteiger partial charge is 0.379 e. The van der Waals surface area contributed by atoms with Gasteiger partial charge in [0.25, 0.3) is 0 Å². The van der Waals surface area contributed by atoms with Crippen LogP contribution < -0.4 is 0 Å². The Balaban J connectivity index is 2.02. The van der Waals surface area contributed by atoms with Crippen molar-refractivity contribution in [2.24, 2.45) is 0 Å². The van der Waals surface area contributed by atoms with Gasteiger partial charge in [0.2, 0.25) is 0 Å². The van der Waals surface area contributed by atoms with Gasteiger partial charge < -0.3 is 10.1 Å². The van der Waals surface area contributed by atoms with Crippen molar-refractivity contribution in [1.29, 1.82) is 0 Å². The summed E-state index contributed by atoms with van der Waals surface area (Å²) in [5, 5.41) is 14.5. The maximum Gasteiger partial charge on any atom is 0.153 e. The third-order valence-corrected chi connectivity index (χ3v) is 2.73. The number of aromatic amines is 1. The first-order valence-electron chi connectivity index (χ1n) is 5.63. The fourth-order valence-corrected chi connectivity index (χ4v) is 1.87. The lowest BCUT2D eigenvalue weighted by Gasteiger charge is -2.11. The Kier molecular flexibility index (Phi) is 2.66. The van der Waals surface area contributed by atoms with E-state index in [0.717, 1.165) is 5.69 Å². The average molecular weight is 240 g/mol. The smallest absolute Gasteiger partial charge is 0.153 e. The van der Waals surface area contributed by atoms with Crippen molar-refractivity contribution in [2.75, 3.05) is 0 Å². The van der Waals surface area contributed by atoms with Gasteiger partial charge in [-0.1, -0.05) is 18.2 Å². The first kappa shape index (κ1) is 10.7. The first-order chi connectivity index (χ1) is 8.86. The molecule has 90 valence electrons. The maximum atomic E-state index is 10.3. The van der Waals surface area contributed by atoms with Crippen LogP contribution in [-0.4, -0.2) is 24.9 Å². The number of nitrogens with one attached hydrogen (secondary N) is 1. The predicted molar refractivity (Wildman–Crippen MR) is 66.2 cm³/mol. The molecule has 0 aliphatic carbocycles. The van der Waals surface area contributed by atoms with E-state index in [1.165, 1.54) is 0 Å². The number of hydrogen-bond donors (Lipinski definition) is 2. The Morgan fingerprint density at radius 3 is 2.67 bits per heavy atom. The molecule has 0 bridgehead atoms. The van der Waals surface area contributed by atoms with Crippen LogP contribution in [0, 0.1) is 0 Å². The molecule has 5 heteroatoms. The molecule has 0 radical (unpaired) electrons. The molecule has 3 rings (SSSR count). The minimum atomic E-state index is -0.817. The molecule has 2 N–H and O–H groups in total. The van der Waals surface area contributed by atoms with Gasteiger partial charge in [-0.15, -0.1) is 0 Å². The molecule has 0 fully saturated rings. The number of aliphatic hydroxyl groups is 1. The second-order valence-corrected chi connectivity index (χ2v) is 3.88. The average Bonchev–Trinajstić information content (AvgIpc) is 3.10. The molecule has 1 unspecified atom stereocenters. The molecule has 0 amide bonds. The zero-order chi connectivity index (χ0) is 12.4. The van der Waals surface area contributed by atoms with E-state index < -0.39 is 6.10 Å². The summed E-state index contributed by atoms with van der Waals surface area (Å²) in [4.78, 5) is 6.96. The number of benzene rings is 1. The van der Waals surface area contributed by atoms with Crippen LogP contribution in [0.1, 0.15) is 17.6 Å². The molecule has 1 aromatic carbocycles. The Morgan fingerprint density at radius 1 is 1.11 bits per heavy atom. The number of aliphatic hydroxyl groups excluding tert-OH is 1. The van der Waals surface area contributed by atoms with Gasteiger partial charge in [0.1, 0.15) is 5.82 Å². The van der Waals surface area contributed by atoms with Gasteiger partial charge >= 0.3 is 0 Å². The summed E-state index contributed by atoms with van der Waals surface area (Å²) in [5.41, 5.74) is 1.58. The van der Waals surface area contributed by atoms with E-state index in [-0.39, 0.29) is 0 Å². The third-order valence-electron chi connectivity index (χ3n) is 2.73. The minimum absolute atomic E-state index is 0.507. The molecule has 0 saturated carbocycles. The highest BCUT2D eigenvalue weighted by Crippen LogP contribution is 2.21. The SMILES string of the molecule is OC(c1ncc[nH]1)c1ccnn1-c1ccccc1. The van der Waals surface area contributed by atoms with Gasteiger partial charge in [-0.05, 0) is 18.2 Å². The quantitative estimate of drug-likeness (QED) is 0.732. The fourth-order valence-electron chi connectivity index (χ4n) is 1.87. The van der Waals surface area contributed by atoms with Crippen molar-refractivity contribution in [2.45, 2.75) is 6.10 Å².